The van der Waals surface area contributed by atoms with Crippen LogP contribution in [-0.2, 0) is 4.79 Å². The van der Waals surface area contributed by atoms with Gasteiger partial charge < -0.3 is 15.3 Å². The third-order valence-corrected chi connectivity index (χ3v) is 5.97. The number of aliphatic hydroxyl groups excluding tert-OH is 1. The molecule has 4 nitrogen and oxygen atoms in total. The number of likely N-dealkylation sites (tertiary alicyclic amines) is 1. The SMILES string of the molecule is O=C(CNC12CC=C3C(O)CC(C1)C3C2)N1CCCC1. The van der Waals surface area contributed by atoms with Gasteiger partial charge in [0.15, 0.2) is 0 Å². The molecule has 4 atom stereocenters. The molecule has 1 heterocycles. The van der Waals surface area contributed by atoms with E-state index in [0.29, 0.717) is 18.4 Å². The molecule has 3 fully saturated rings. The lowest BCUT2D eigenvalue weighted by atomic mass is 9.82. The monoisotopic (exact) mass is 276 g/mol. The lowest BCUT2D eigenvalue weighted by Gasteiger charge is -2.35. The summed E-state index contributed by atoms with van der Waals surface area (Å²) in [6, 6.07) is 0. The van der Waals surface area contributed by atoms with Crippen LogP contribution in [0.4, 0.5) is 0 Å². The van der Waals surface area contributed by atoms with Gasteiger partial charge in [-0.2, -0.15) is 0 Å². The number of carbonyl (C=O) groups is 1. The van der Waals surface area contributed by atoms with Crippen LogP contribution in [0.25, 0.3) is 0 Å². The van der Waals surface area contributed by atoms with Crippen LogP contribution in [0, 0.1) is 11.8 Å². The Bertz CT molecular complexity index is 455. The molecule has 2 N–H and O–H groups in total. The zero-order chi connectivity index (χ0) is 13.7. The highest BCUT2D eigenvalue weighted by Crippen LogP contribution is 2.55. The molecule has 0 radical (unpaired) electrons. The molecule has 2 bridgehead atoms. The van der Waals surface area contributed by atoms with Crippen LogP contribution in [0.5, 0.6) is 0 Å². The predicted octanol–water partition coefficient (Wildman–Crippen LogP) is 1.06. The molecule has 20 heavy (non-hydrogen) atoms. The van der Waals surface area contributed by atoms with Gasteiger partial charge in [0.1, 0.15) is 0 Å². The van der Waals surface area contributed by atoms with Crippen LogP contribution in [0.2, 0.25) is 0 Å². The number of hydrogen-bond acceptors (Lipinski definition) is 3. The van der Waals surface area contributed by atoms with E-state index in [1.807, 2.05) is 4.90 Å². The summed E-state index contributed by atoms with van der Waals surface area (Å²) in [4.78, 5) is 14.2. The summed E-state index contributed by atoms with van der Waals surface area (Å²) in [6.45, 7) is 2.37. The average Bonchev–Trinajstić information content (AvgIpc) is 3.10. The van der Waals surface area contributed by atoms with Crippen molar-refractivity contribution in [3.63, 3.8) is 0 Å². The van der Waals surface area contributed by atoms with E-state index >= 15 is 0 Å². The normalized spacial score (nSPS) is 42.1. The first-order chi connectivity index (χ1) is 9.67. The Morgan fingerprint density at radius 1 is 1.40 bits per heavy atom. The van der Waals surface area contributed by atoms with Crippen molar-refractivity contribution in [2.45, 2.75) is 50.2 Å². The van der Waals surface area contributed by atoms with E-state index in [1.165, 1.54) is 5.57 Å². The fourth-order valence-corrected chi connectivity index (χ4v) is 4.95. The number of carbonyl (C=O) groups excluding carboxylic acids is 1. The van der Waals surface area contributed by atoms with Crippen LogP contribution in [-0.4, -0.2) is 47.2 Å². The maximum atomic E-state index is 12.2. The second kappa shape index (κ2) is 4.57. The van der Waals surface area contributed by atoms with Crippen LogP contribution in [0.15, 0.2) is 11.6 Å². The van der Waals surface area contributed by atoms with Gasteiger partial charge in [-0.15, -0.1) is 0 Å². The average molecular weight is 276 g/mol. The van der Waals surface area contributed by atoms with E-state index in [-0.39, 0.29) is 17.6 Å². The molecule has 4 aliphatic rings. The first-order valence-corrected chi connectivity index (χ1v) is 8.08. The van der Waals surface area contributed by atoms with Gasteiger partial charge in [-0.3, -0.25) is 4.79 Å². The molecule has 0 aromatic carbocycles. The minimum atomic E-state index is -0.186. The largest absolute Gasteiger partial charge is 0.389 e. The Labute approximate surface area is 120 Å². The lowest BCUT2D eigenvalue weighted by Crippen LogP contribution is -2.49. The maximum Gasteiger partial charge on any atom is 0.236 e. The highest BCUT2D eigenvalue weighted by atomic mass is 16.3. The van der Waals surface area contributed by atoms with Gasteiger partial charge in [0.25, 0.3) is 0 Å². The number of aliphatic hydroxyl groups is 1. The Morgan fingerprint density at radius 3 is 3.00 bits per heavy atom. The van der Waals surface area contributed by atoms with Crippen LogP contribution < -0.4 is 5.32 Å². The minimum absolute atomic E-state index is 0.133. The molecular formula is C16H24N2O2. The number of nitrogens with one attached hydrogen (secondary N) is 1. The van der Waals surface area contributed by atoms with E-state index in [1.54, 1.807) is 0 Å². The number of fused-ring (bicyclic) bond motifs is 1. The van der Waals surface area contributed by atoms with Crippen molar-refractivity contribution in [3.8, 4) is 0 Å². The van der Waals surface area contributed by atoms with Crippen LogP contribution >= 0.6 is 0 Å². The van der Waals surface area contributed by atoms with Crippen molar-refractivity contribution < 1.29 is 9.90 Å². The number of nitrogens with zero attached hydrogens (tertiary/aromatic N) is 1. The molecule has 3 aliphatic carbocycles. The standard InChI is InChI=1S/C16H24N2O2/c19-14-7-11-8-16(4-3-12(14)13(11)9-16)17-10-15(20)18-5-1-2-6-18/h3,11,13-14,17,19H,1-2,4-10H2. The molecule has 0 spiro atoms. The Balaban J connectivity index is 1.41. The van der Waals surface area contributed by atoms with Gasteiger partial charge in [0.05, 0.1) is 12.6 Å². The van der Waals surface area contributed by atoms with Crippen molar-refractivity contribution in [1.82, 2.24) is 10.2 Å². The summed E-state index contributed by atoms with van der Waals surface area (Å²) in [5.41, 5.74) is 1.42. The molecule has 1 amide bonds. The van der Waals surface area contributed by atoms with Crippen molar-refractivity contribution >= 4 is 5.91 Å². The number of amides is 1. The Kier molecular flexibility index (Phi) is 2.93. The Hall–Kier alpha value is -0.870. The zero-order valence-corrected chi connectivity index (χ0v) is 12.0. The van der Waals surface area contributed by atoms with Crippen molar-refractivity contribution in [2.75, 3.05) is 19.6 Å². The molecule has 4 rings (SSSR count). The molecule has 1 saturated heterocycles. The van der Waals surface area contributed by atoms with E-state index in [4.69, 9.17) is 0 Å². The summed E-state index contributed by atoms with van der Waals surface area (Å²) >= 11 is 0. The second-order valence-corrected chi connectivity index (χ2v) is 7.16. The lowest BCUT2D eigenvalue weighted by molar-refractivity contribution is -0.129. The highest BCUT2D eigenvalue weighted by Gasteiger charge is 2.53. The van der Waals surface area contributed by atoms with Gasteiger partial charge in [-0.05, 0) is 55.9 Å². The Morgan fingerprint density at radius 2 is 2.20 bits per heavy atom. The molecule has 110 valence electrons. The van der Waals surface area contributed by atoms with Gasteiger partial charge in [0, 0.05) is 18.6 Å². The fourth-order valence-electron chi connectivity index (χ4n) is 4.95. The topological polar surface area (TPSA) is 52.6 Å². The van der Waals surface area contributed by atoms with E-state index in [2.05, 4.69) is 11.4 Å². The molecule has 4 unspecified atom stereocenters. The third-order valence-electron chi connectivity index (χ3n) is 5.97. The van der Waals surface area contributed by atoms with Crippen molar-refractivity contribution in [1.29, 1.82) is 0 Å². The maximum absolute atomic E-state index is 12.2. The minimum Gasteiger partial charge on any atom is -0.389 e. The van der Waals surface area contributed by atoms with Crippen molar-refractivity contribution in [3.05, 3.63) is 11.6 Å². The van der Waals surface area contributed by atoms with Gasteiger partial charge in [0.2, 0.25) is 5.91 Å². The molecule has 2 saturated carbocycles. The van der Waals surface area contributed by atoms with Gasteiger partial charge >= 0.3 is 0 Å². The van der Waals surface area contributed by atoms with E-state index < -0.39 is 0 Å². The first kappa shape index (κ1) is 12.8. The second-order valence-electron chi connectivity index (χ2n) is 7.16. The number of rotatable bonds is 3. The zero-order valence-electron chi connectivity index (χ0n) is 12.0. The van der Waals surface area contributed by atoms with Crippen LogP contribution in [0.3, 0.4) is 0 Å². The summed E-state index contributed by atoms with van der Waals surface area (Å²) in [5.74, 6) is 1.48. The molecule has 4 heteroatoms. The van der Waals surface area contributed by atoms with Crippen LogP contribution in [0.1, 0.15) is 38.5 Å². The first-order valence-electron chi connectivity index (χ1n) is 8.08. The highest BCUT2D eigenvalue weighted by molar-refractivity contribution is 5.78. The molecule has 0 aromatic heterocycles. The molecule has 1 aliphatic heterocycles. The van der Waals surface area contributed by atoms with E-state index in [9.17, 15) is 9.90 Å². The third kappa shape index (κ3) is 1.92. The molecule has 0 aromatic rings. The smallest absolute Gasteiger partial charge is 0.236 e. The fraction of sp³-hybridized carbons (Fsp3) is 0.812. The summed E-state index contributed by atoms with van der Waals surface area (Å²) < 4.78 is 0. The van der Waals surface area contributed by atoms with Gasteiger partial charge in [-0.1, -0.05) is 6.08 Å². The predicted molar refractivity (Wildman–Crippen MR) is 76.1 cm³/mol. The van der Waals surface area contributed by atoms with Crippen molar-refractivity contribution in [2.24, 2.45) is 11.8 Å². The quantitative estimate of drug-likeness (QED) is 0.758. The summed E-state index contributed by atoms with van der Waals surface area (Å²) in [5, 5.41) is 13.6. The molecular weight excluding hydrogens is 252 g/mol. The van der Waals surface area contributed by atoms with E-state index in [0.717, 1.165) is 51.6 Å². The van der Waals surface area contributed by atoms with Gasteiger partial charge in [-0.25, -0.2) is 0 Å². The summed E-state index contributed by atoms with van der Waals surface area (Å²) in [6.07, 6.45) is 8.54. The summed E-state index contributed by atoms with van der Waals surface area (Å²) in [7, 11) is 0. The number of hydrogen-bond donors (Lipinski definition) is 2.